The van der Waals surface area contributed by atoms with Gasteiger partial charge in [0.05, 0.1) is 6.04 Å². The van der Waals surface area contributed by atoms with Gasteiger partial charge in [-0.15, -0.1) is 0 Å². The SMILES string of the molecule is C=CCOc1ccc(NC(=S)NC(C)c2ccc(N3CCCC3)cc2)cc1. The molecule has 0 aliphatic carbocycles. The van der Waals surface area contributed by atoms with Crippen LogP contribution in [0.2, 0.25) is 0 Å². The highest BCUT2D eigenvalue weighted by Crippen LogP contribution is 2.23. The monoisotopic (exact) mass is 381 g/mol. The molecule has 142 valence electrons. The first-order valence-electron chi connectivity index (χ1n) is 9.42. The number of benzene rings is 2. The lowest BCUT2D eigenvalue weighted by Crippen LogP contribution is -2.30. The van der Waals surface area contributed by atoms with Gasteiger partial charge in [-0.1, -0.05) is 24.8 Å². The molecule has 1 fully saturated rings. The zero-order chi connectivity index (χ0) is 19.1. The first-order valence-corrected chi connectivity index (χ1v) is 9.83. The van der Waals surface area contributed by atoms with Crippen LogP contribution in [0, 0.1) is 0 Å². The fourth-order valence-electron chi connectivity index (χ4n) is 3.19. The molecule has 3 rings (SSSR count). The third kappa shape index (κ3) is 5.47. The number of nitrogens with one attached hydrogen (secondary N) is 2. The molecule has 1 unspecified atom stereocenters. The molecule has 0 bridgehead atoms. The minimum atomic E-state index is 0.132. The van der Waals surface area contributed by atoms with E-state index < -0.39 is 0 Å². The van der Waals surface area contributed by atoms with Crippen molar-refractivity contribution in [1.82, 2.24) is 5.32 Å². The summed E-state index contributed by atoms with van der Waals surface area (Å²) in [6.07, 6.45) is 4.31. The van der Waals surface area contributed by atoms with Crippen molar-refractivity contribution in [3.8, 4) is 5.75 Å². The molecule has 0 saturated carbocycles. The number of thiocarbonyl (C=S) groups is 1. The third-order valence-corrected chi connectivity index (χ3v) is 4.91. The van der Waals surface area contributed by atoms with Crippen LogP contribution in [0.5, 0.6) is 5.75 Å². The highest BCUT2D eigenvalue weighted by atomic mass is 32.1. The average Bonchev–Trinajstić information content (AvgIpc) is 3.22. The van der Waals surface area contributed by atoms with E-state index in [1.165, 1.54) is 37.2 Å². The quantitative estimate of drug-likeness (QED) is 0.527. The molecule has 2 N–H and O–H groups in total. The van der Waals surface area contributed by atoms with E-state index >= 15 is 0 Å². The molecule has 0 radical (unpaired) electrons. The van der Waals surface area contributed by atoms with Crippen LogP contribution >= 0.6 is 12.2 Å². The third-order valence-electron chi connectivity index (χ3n) is 4.69. The highest BCUT2D eigenvalue weighted by molar-refractivity contribution is 7.80. The molecule has 0 aromatic heterocycles. The normalized spacial score (nSPS) is 14.5. The summed E-state index contributed by atoms with van der Waals surface area (Å²) in [4.78, 5) is 2.44. The number of anilines is 2. The summed E-state index contributed by atoms with van der Waals surface area (Å²) < 4.78 is 5.49. The number of hydrogen-bond acceptors (Lipinski definition) is 3. The molecule has 5 heteroatoms. The highest BCUT2D eigenvalue weighted by Gasteiger charge is 2.13. The van der Waals surface area contributed by atoms with Gasteiger partial charge in [-0.2, -0.15) is 0 Å². The maximum atomic E-state index is 5.49. The van der Waals surface area contributed by atoms with Gasteiger partial charge >= 0.3 is 0 Å². The molecule has 4 nitrogen and oxygen atoms in total. The van der Waals surface area contributed by atoms with Gasteiger partial charge < -0.3 is 20.3 Å². The van der Waals surface area contributed by atoms with E-state index in [0.717, 1.165) is 11.4 Å². The molecular weight excluding hydrogens is 354 g/mol. The smallest absolute Gasteiger partial charge is 0.171 e. The molecule has 1 heterocycles. The molecule has 1 saturated heterocycles. The van der Waals surface area contributed by atoms with Gasteiger partial charge in [0, 0.05) is 24.5 Å². The predicted octanol–water partition coefficient (Wildman–Crippen LogP) is 4.90. The molecule has 0 amide bonds. The van der Waals surface area contributed by atoms with Gasteiger partial charge in [-0.05, 0) is 73.9 Å². The number of hydrogen-bond donors (Lipinski definition) is 2. The lowest BCUT2D eigenvalue weighted by Gasteiger charge is -2.20. The Hall–Kier alpha value is -2.53. The Morgan fingerprint density at radius 2 is 1.81 bits per heavy atom. The van der Waals surface area contributed by atoms with Crippen molar-refractivity contribution in [2.75, 3.05) is 29.9 Å². The van der Waals surface area contributed by atoms with Crippen LogP contribution in [0.3, 0.4) is 0 Å². The van der Waals surface area contributed by atoms with Crippen molar-refractivity contribution >= 4 is 28.7 Å². The van der Waals surface area contributed by atoms with Crippen LogP contribution in [0.15, 0.2) is 61.2 Å². The van der Waals surface area contributed by atoms with Crippen LogP contribution < -0.4 is 20.3 Å². The van der Waals surface area contributed by atoms with E-state index in [9.17, 15) is 0 Å². The van der Waals surface area contributed by atoms with E-state index in [2.05, 4.69) is 53.3 Å². The maximum absolute atomic E-state index is 5.49. The van der Waals surface area contributed by atoms with E-state index in [1.807, 2.05) is 24.3 Å². The van der Waals surface area contributed by atoms with Crippen LogP contribution in [0.25, 0.3) is 0 Å². The minimum absolute atomic E-state index is 0.132. The summed E-state index contributed by atoms with van der Waals surface area (Å²) in [7, 11) is 0. The largest absolute Gasteiger partial charge is 0.490 e. The topological polar surface area (TPSA) is 36.5 Å². The predicted molar refractivity (Wildman–Crippen MR) is 118 cm³/mol. The average molecular weight is 382 g/mol. The molecule has 0 spiro atoms. The second-order valence-electron chi connectivity index (χ2n) is 6.73. The molecule has 27 heavy (non-hydrogen) atoms. The summed E-state index contributed by atoms with van der Waals surface area (Å²) in [5, 5.41) is 7.17. The summed E-state index contributed by atoms with van der Waals surface area (Å²) in [6.45, 7) is 8.59. The van der Waals surface area contributed by atoms with Gasteiger partial charge in [0.1, 0.15) is 12.4 Å². The molecule has 1 aliphatic rings. The van der Waals surface area contributed by atoms with Crippen molar-refractivity contribution in [3.63, 3.8) is 0 Å². The fraction of sp³-hybridized carbons (Fsp3) is 0.318. The van der Waals surface area contributed by atoms with Crippen LogP contribution in [0.1, 0.15) is 31.4 Å². The molecule has 2 aromatic carbocycles. The van der Waals surface area contributed by atoms with Crippen LogP contribution in [-0.2, 0) is 0 Å². The summed E-state index contributed by atoms with van der Waals surface area (Å²) in [5.74, 6) is 0.811. The lowest BCUT2D eigenvalue weighted by atomic mass is 10.1. The maximum Gasteiger partial charge on any atom is 0.171 e. The second kappa shape index (κ2) is 9.42. The van der Waals surface area contributed by atoms with Gasteiger partial charge in [0.15, 0.2) is 5.11 Å². The van der Waals surface area contributed by atoms with Crippen molar-refractivity contribution < 1.29 is 4.74 Å². The molecular formula is C22H27N3OS. The first kappa shape index (κ1) is 19.2. The summed E-state index contributed by atoms with van der Waals surface area (Å²) in [5.41, 5.74) is 3.45. The Bertz CT molecular complexity index is 752. The zero-order valence-corrected chi connectivity index (χ0v) is 16.6. The molecule has 1 aliphatic heterocycles. The molecule has 2 aromatic rings. The van der Waals surface area contributed by atoms with Gasteiger partial charge in [-0.3, -0.25) is 0 Å². The van der Waals surface area contributed by atoms with Crippen molar-refractivity contribution in [2.45, 2.75) is 25.8 Å². The Morgan fingerprint density at radius 1 is 1.15 bits per heavy atom. The van der Waals surface area contributed by atoms with Crippen molar-refractivity contribution in [2.24, 2.45) is 0 Å². The van der Waals surface area contributed by atoms with Gasteiger partial charge in [0.2, 0.25) is 0 Å². The van der Waals surface area contributed by atoms with Gasteiger partial charge in [0.25, 0.3) is 0 Å². The lowest BCUT2D eigenvalue weighted by molar-refractivity contribution is 0.363. The second-order valence-corrected chi connectivity index (χ2v) is 7.14. The summed E-state index contributed by atoms with van der Waals surface area (Å²) in [6, 6.07) is 16.6. The first-order chi connectivity index (χ1) is 13.2. The number of rotatable bonds is 7. The Morgan fingerprint density at radius 3 is 2.44 bits per heavy atom. The van der Waals surface area contributed by atoms with E-state index in [4.69, 9.17) is 17.0 Å². The van der Waals surface area contributed by atoms with E-state index in [-0.39, 0.29) is 6.04 Å². The van der Waals surface area contributed by atoms with E-state index in [0.29, 0.717) is 11.7 Å². The standard InChI is InChI=1S/C22H27N3OS/c1-3-16-26-21-12-8-19(9-13-21)24-22(27)23-17(2)18-6-10-20(11-7-18)25-14-4-5-15-25/h3,6-13,17H,1,4-5,14-16H2,2H3,(H2,23,24,27). The Kier molecular flexibility index (Phi) is 6.71. The Labute approximate surface area is 167 Å². The van der Waals surface area contributed by atoms with Crippen LogP contribution in [0.4, 0.5) is 11.4 Å². The fourth-order valence-corrected chi connectivity index (χ4v) is 3.48. The zero-order valence-electron chi connectivity index (χ0n) is 15.8. The minimum Gasteiger partial charge on any atom is -0.490 e. The Balaban J connectivity index is 1.51. The van der Waals surface area contributed by atoms with Crippen molar-refractivity contribution in [3.05, 3.63) is 66.7 Å². The van der Waals surface area contributed by atoms with Crippen LogP contribution in [-0.4, -0.2) is 24.8 Å². The number of ether oxygens (including phenoxy) is 1. The summed E-state index contributed by atoms with van der Waals surface area (Å²) >= 11 is 5.45. The number of nitrogens with zero attached hydrogens (tertiary/aromatic N) is 1. The molecule has 1 atom stereocenters. The van der Waals surface area contributed by atoms with Crippen molar-refractivity contribution in [1.29, 1.82) is 0 Å². The van der Waals surface area contributed by atoms with E-state index in [1.54, 1.807) is 6.08 Å². The van der Waals surface area contributed by atoms with Gasteiger partial charge in [-0.25, -0.2) is 0 Å².